The molecule has 2 heterocycles. The third kappa shape index (κ3) is 6.36. The fourth-order valence-corrected chi connectivity index (χ4v) is 4.78. The summed E-state index contributed by atoms with van der Waals surface area (Å²) in [5.41, 5.74) is 4.56. The number of rotatable bonds is 7. The van der Waals surface area contributed by atoms with Gasteiger partial charge in [0, 0.05) is 63.7 Å². The van der Waals surface area contributed by atoms with Crippen LogP contribution in [0.25, 0.3) is 0 Å². The summed E-state index contributed by atoms with van der Waals surface area (Å²) in [6, 6.07) is 16.5. The number of para-hydroxylation sites is 1. The first-order valence-electron chi connectivity index (χ1n) is 12.4. The van der Waals surface area contributed by atoms with E-state index in [1.165, 1.54) is 11.3 Å². The Labute approximate surface area is 203 Å². The topological polar surface area (TPSA) is 59.1 Å². The lowest BCUT2D eigenvalue weighted by Crippen LogP contribution is -2.54. The van der Waals surface area contributed by atoms with Gasteiger partial charge in [0.2, 0.25) is 11.8 Å². The molecule has 2 amide bonds. The average molecular weight is 464 g/mol. The van der Waals surface area contributed by atoms with Crippen LogP contribution in [0.3, 0.4) is 0 Å². The molecule has 1 N–H and O–H groups in total. The molecule has 2 aliphatic heterocycles. The maximum atomic E-state index is 12.9. The minimum absolute atomic E-state index is 0.0249. The number of nitrogens with one attached hydrogen (secondary N) is 1. The Hall–Kier alpha value is -2.90. The van der Waals surface area contributed by atoms with Crippen LogP contribution in [0.4, 0.5) is 11.4 Å². The molecule has 2 aromatic rings. The van der Waals surface area contributed by atoms with Crippen molar-refractivity contribution in [3.05, 3.63) is 59.7 Å². The molecule has 0 spiro atoms. The van der Waals surface area contributed by atoms with Crippen LogP contribution in [0, 0.1) is 6.92 Å². The lowest BCUT2D eigenvalue weighted by atomic mass is 10.1. The molecule has 4 rings (SSSR count). The van der Waals surface area contributed by atoms with Crippen molar-refractivity contribution >= 4 is 23.2 Å². The van der Waals surface area contributed by atoms with Crippen LogP contribution in [0.1, 0.15) is 18.1 Å². The molecular weight excluding hydrogens is 426 g/mol. The predicted molar refractivity (Wildman–Crippen MR) is 137 cm³/mol. The first kappa shape index (κ1) is 24.2. The monoisotopic (exact) mass is 463 g/mol. The molecule has 2 fully saturated rings. The number of carbonyl (C=O) groups is 2. The number of aryl methyl sites for hydroxylation is 2. The van der Waals surface area contributed by atoms with E-state index in [1.54, 1.807) is 0 Å². The van der Waals surface area contributed by atoms with Gasteiger partial charge in [-0.2, -0.15) is 0 Å². The molecule has 0 radical (unpaired) electrons. The quantitative estimate of drug-likeness (QED) is 0.684. The Bertz CT molecular complexity index is 978. The number of nitrogens with zero attached hydrogens (tertiary/aromatic N) is 4. The van der Waals surface area contributed by atoms with Gasteiger partial charge >= 0.3 is 0 Å². The molecule has 0 saturated carbocycles. The Morgan fingerprint density at radius 1 is 0.824 bits per heavy atom. The number of benzene rings is 2. The van der Waals surface area contributed by atoms with Crippen molar-refractivity contribution in [2.24, 2.45) is 0 Å². The molecular formula is C27H37N5O2. The molecule has 0 atom stereocenters. The summed E-state index contributed by atoms with van der Waals surface area (Å²) in [4.78, 5) is 34.2. The minimum atomic E-state index is 0.0249. The molecule has 0 unspecified atom stereocenters. The molecule has 0 aromatic heterocycles. The second-order valence-corrected chi connectivity index (χ2v) is 9.32. The minimum Gasteiger partial charge on any atom is -0.368 e. The number of carbonyl (C=O) groups excluding carboxylic acids is 2. The maximum Gasteiger partial charge on any atom is 0.238 e. The highest BCUT2D eigenvalue weighted by atomic mass is 16.2. The highest BCUT2D eigenvalue weighted by Gasteiger charge is 2.25. The van der Waals surface area contributed by atoms with Gasteiger partial charge in [0.05, 0.1) is 13.1 Å². The van der Waals surface area contributed by atoms with E-state index in [0.717, 1.165) is 70.0 Å². The van der Waals surface area contributed by atoms with E-state index >= 15 is 0 Å². The third-order valence-corrected chi connectivity index (χ3v) is 6.86. The smallest absolute Gasteiger partial charge is 0.238 e. The van der Waals surface area contributed by atoms with Crippen LogP contribution >= 0.6 is 0 Å². The highest BCUT2D eigenvalue weighted by molar-refractivity contribution is 5.93. The van der Waals surface area contributed by atoms with Gasteiger partial charge < -0.3 is 15.1 Å². The van der Waals surface area contributed by atoms with Crippen LogP contribution in [-0.2, 0) is 16.0 Å². The molecule has 0 bridgehead atoms. The van der Waals surface area contributed by atoms with Gasteiger partial charge in [0.15, 0.2) is 0 Å². The molecule has 182 valence electrons. The Balaban J connectivity index is 1.17. The zero-order chi connectivity index (χ0) is 23.9. The lowest BCUT2D eigenvalue weighted by molar-refractivity contribution is -0.133. The molecule has 2 aromatic carbocycles. The summed E-state index contributed by atoms with van der Waals surface area (Å²) in [5.74, 6) is 0.239. The highest BCUT2D eigenvalue weighted by Crippen LogP contribution is 2.18. The number of anilines is 2. The van der Waals surface area contributed by atoms with Gasteiger partial charge in [-0.05, 0) is 42.7 Å². The third-order valence-electron chi connectivity index (χ3n) is 6.86. The van der Waals surface area contributed by atoms with Gasteiger partial charge in [-0.25, -0.2) is 0 Å². The summed E-state index contributed by atoms with van der Waals surface area (Å²) in [5, 5.41) is 3.05. The van der Waals surface area contributed by atoms with Crippen molar-refractivity contribution in [3.63, 3.8) is 0 Å². The van der Waals surface area contributed by atoms with Crippen molar-refractivity contribution in [1.82, 2.24) is 14.7 Å². The second kappa shape index (κ2) is 11.5. The Morgan fingerprint density at radius 3 is 2.18 bits per heavy atom. The summed E-state index contributed by atoms with van der Waals surface area (Å²) in [6.45, 7) is 11.6. The molecule has 2 saturated heterocycles. The summed E-state index contributed by atoms with van der Waals surface area (Å²) < 4.78 is 0. The van der Waals surface area contributed by atoms with Crippen LogP contribution in [0.2, 0.25) is 0 Å². The van der Waals surface area contributed by atoms with E-state index in [9.17, 15) is 9.59 Å². The molecule has 34 heavy (non-hydrogen) atoms. The normalized spacial score (nSPS) is 17.6. The van der Waals surface area contributed by atoms with Crippen LogP contribution in [-0.4, -0.2) is 92.0 Å². The van der Waals surface area contributed by atoms with Gasteiger partial charge in [-0.3, -0.25) is 19.4 Å². The lowest BCUT2D eigenvalue weighted by Gasteiger charge is -2.38. The average Bonchev–Trinajstić information content (AvgIpc) is 2.85. The zero-order valence-corrected chi connectivity index (χ0v) is 20.5. The summed E-state index contributed by atoms with van der Waals surface area (Å²) >= 11 is 0. The van der Waals surface area contributed by atoms with Crippen molar-refractivity contribution in [2.75, 3.05) is 75.7 Å². The van der Waals surface area contributed by atoms with Crippen molar-refractivity contribution in [2.45, 2.75) is 20.3 Å². The number of piperazine rings is 2. The second-order valence-electron chi connectivity index (χ2n) is 9.32. The van der Waals surface area contributed by atoms with Gasteiger partial charge in [-0.15, -0.1) is 0 Å². The number of hydrogen-bond acceptors (Lipinski definition) is 5. The molecule has 7 nitrogen and oxygen atoms in total. The van der Waals surface area contributed by atoms with Gasteiger partial charge in [0.25, 0.3) is 0 Å². The zero-order valence-electron chi connectivity index (χ0n) is 20.5. The van der Waals surface area contributed by atoms with Gasteiger partial charge in [0.1, 0.15) is 0 Å². The maximum absolute atomic E-state index is 12.9. The standard InChI is InChI=1S/C27H37N5O2/c1-3-23-8-4-5-10-25(23)28-26(33)20-29-11-13-30(14-12-29)21-27(34)32-17-15-31(16-18-32)24-9-6-7-22(2)19-24/h4-10,19H,3,11-18,20-21H2,1-2H3,(H,28,33). The van der Waals surface area contributed by atoms with Crippen molar-refractivity contribution < 1.29 is 9.59 Å². The van der Waals surface area contributed by atoms with E-state index < -0.39 is 0 Å². The van der Waals surface area contributed by atoms with Gasteiger partial charge in [-0.1, -0.05) is 37.3 Å². The van der Waals surface area contributed by atoms with Crippen LogP contribution in [0.5, 0.6) is 0 Å². The fourth-order valence-electron chi connectivity index (χ4n) is 4.78. The SMILES string of the molecule is CCc1ccccc1NC(=O)CN1CCN(CC(=O)N2CCN(c3cccc(C)c3)CC2)CC1. The van der Waals surface area contributed by atoms with Crippen LogP contribution in [0.15, 0.2) is 48.5 Å². The van der Waals surface area contributed by atoms with E-state index in [-0.39, 0.29) is 11.8 Å². The largest absolute Gasteiger partial charge is 0.368 e. The molecule has 7 heteroatoms. The number of hydrogen-bond donors (Lipinski definition) is 1. The predicted octanol–water partition coefficient (Wildman–Crippen LogP) is 2.46. The Morgan fingerprint density at radius 2 is 1.50 bits per heavy atom. The molecule has 0 aliphatic carbocycles. The van der Waals surface area contributed by atoms with Crippen LogP contribution < -0.4 is 10.2 Å². The molecule has 2 aliphatic rings. The summed E-state index contributed by atoms with van der Waals surface area (Å²) in [7, 11) is 0. The first-order valence-corrected chi connectivity index (χ1v) is 12.4. The van der Waals surface area contributed by atoms with E-state index in [1.807, 2.05) is 29.2 Å². The van der Waals surface area contributed by atoms with Crippen molar-refractivity contribution in [3.8, 4) is 0 Å². The number of amides is 2. The summed E-state index contributed by atoms with van der Waals surface area (Å²) in [6.07, 6.45) is 0.893. The first-order chi connectivity index (χ1) is 16.5. The Kier molecular flexibility index (Phi) is 8.19. The van der Waals surface area contributed by atoms with E-state index in [0.29, 0.717) is 13.1 Å². The van der Waals surface area contributed by atoms with E-state index in [4.69, 9.17) is 0 Å². The van der Waals surface area contributed by atoms with E-state index in [2.05, 4.69) is 58.1 Å². The fraction of sp³-hybridized carbons (Fsp3) is 0.481. The van der Waals surface area contributed by atoms with Crippen molar-refractivity contribution in [1.29, 1.82) is 0 Å².